The number of carbonyl (C=O) groups is 3. The Morgan fingerprint density at radius 3 is 2.14 bits per heavy atom. The van der Waals surface area contributed by atoms with Crippen molar-refractivity contribution in [3.05, 3.63) is 12.2 Å². The van der Waals surface area contributed by atoms with Crippen LogP contribution in [-0.2, 0) is 14.4 Å². The summed E-state index contributed by atoms with van der Waals surface area (Å²) in [6.07, 6.45) is 7.15. The third kappa shape index (κ3) is 2.79. The number of Topliss-reactive ketones (excluding diaryl/α,β-unsaturated/α-hetero) is 1. The molecule has 9 atom stereocenters. The molecule has 0 aromatic heterocycles. The molecule has 5 rings (SSSR count). The van der Waals surface area contributed by atoms with Crippen molar-refractivity contribution in [2.24, 2.45) is 56.7 Å². The molecule has 5 aliphatic rings. The van der Waals surface area contributed by atoms with Crippen molar-refractivity contribution in [3.63, 3.8) is 0 Å². The Kier molecular flexibility index (Phi) is 5.32. The maximum Gasteiger partial charge on any atom is 0.310 e. The first-order chi connectivity index (χ1) is 16.2. The highest BCUT2D eigenvalue weighted by Crippen LogP contribution is 2.77. The van der Waals surface area contributed by atoms with E-state index in [0.29, 0.717) is 31.5 Å². The molecular weight excluding hydrogens is 440 g/mol. The van der Waals surface area contributed by atoms with E-state index in [1.165, 1.54) is 0 Å². The standard InChI is InChI=1S/C30H44O5/c1-17(2)18-9-14-29(24(32)33)15-16-30(25(34)35)19(23(18)29)7-8-21-27(5)12-11-22(31)26(3,4)20(27)10-13-28(21,30)6/h18-21,23H,1,7-16H2,2-6H3,(H,32,33)(H,34,35). The van der Waals surface area contributed by atoms with Gasteiger partial charge in [0.1, 0.15) is 5.78 Å². The van der Waals surface area contributed by atoms with E-state index >= 15 is 0 Å². The SMILES string of the molecule is C=C(C)C1CCC2(C(=O)O)CCC3(C(=O)O)C(CCC4C5(C)CCC(=O)C(C)(C)C5CCC43C)C12. The van der Waals surface area contributed by atoms with Crippen molar-refractivity contribution in [3.8, 4) is 0 Å². The number of carboxylic acids is 2. The number of carboxylic acid groups (broad SMARTS) is 2. The first kappa shape index (κ1) is 25.0. The van der Waals surface area contributed by atoms with Gasteiger partial charge in [0.05, 0.1) is 10.8 Å². The average Bonchev–Trinajstić information content (AvgIpc) is 3.18. The lowest BCUT2D eigenvalue weighted by Gasteiger charge is -2.71. The highest BCUT2D eigenvalue weighted by Gasteiger charge is 2.75. The van der Waals surface area contributed by atoms with E-state index in [1.54, 1.807) is 0 Å². The minimum Gasteiger partial charge on any atom is -0.481 e. The Hall–Kier alpha value is -1.65. The highest BCUT2D eigenvalue weighted by molar-refractivity contribution is 5.85. The highest BCUT2D eigenvalue weighted by atomic mass is 16.4. The molecule has 5 saturated carbocycles. The van der Waals surface area contributed by atoms with Crippen LogP contribution < -0.4 is 0 Å². The summed E-state index contributed by atoms with van der Waals surface area (Å²) in [5, 5.41) is 21.6. The van der Waals surface area contributed by atoms with E-state index in [2.05, 4.69) is 34.3 Å². The predicted molar refractivity (Wildman–Crippen MR) is 134 cm³/mol. The molecule has 35 heavy (non-hydrogen) atoms. The molecule has 0 bridgehead atoms. The van der Waals surface area contributed by atoms with Crippen molar-refractivity contribution in [2.75, 3.05) is 0 Å². The average molecular weight is 485 g/mol. The number of hydrogen-bond donors (Lipinski definition) is 2. The van der Waals surface area contributed by atoms with Gasteiger partial charge in [-0.25, -0.2) is 0 Å². The van der Waals surface area contributed by atoms with Crippen LogP contribution >= 0.6 is 0 Å². The normalized spacial score (nSPS) is 50.3. The van der Waals surface area contributed by atoms with E-state index in [-0.39, 0.29) is 40.4 Å². The van der Waals surface area contributed by atoms with Gasteiger partial charge in [-0.05, 0) is 105 Å². The Bertz CT molecular complexity index is 997. The van der Waals surface area contributed by atoms with Crippen LogP contribution in [0.2, 0.25) is 0 Å². The van der Waals surface area contributed by atoms with Crippen LogP contribution in [0.4, 0.5) is 0 Å². The summed E-state index contributed by atoms with van der Waals surface area (Å²) in [7, 11) is 0. The lowest BCUT2D eigenvalue weighted by Crippen LogP contribution is -2.69. The summed E-state index contributed by atoms with van der Waals surface area (Å²) in [6, 6.07) is 0. The quantitative estimate of drug-likeness (QED) is 0.455. The van der Waals surface area contributed by atoms with Crippen molar-refractivity contribution in [1.29, 1.82) is 0 Å². The molecule has 0 spiro atoms. The number of rotatable bonds is 3. The Labute approximate surface area is 210 Å². The summed E-state index contributed by atoms with van der Waals surface area (Å²) < 4.78 is 0. The van der Waals surface area contributed by atoms with Crippen LogP contribution in [0.3, 0.4) is 0 Å². The Morgan fingerprint density at radius 2 is 1.54 bits per heavy atom. The number of allylic oxidation sites excluding steroid dienone is 1. The van der Waals surface area contributed by atoms with E-state index in [9.17, 15) is 24.6 Å². The van der Waals surface area contributed by atoms with E-state index in [1.807, 2.05) is 6.92 Å². The summed E-state index contributed by atoms with van der Waals surface area (Å²) in [4.78, 5) is 39.2. The lowest BCUT2D eigenvalue weighted by atomic mass is 9.32. The molecule has 0 aromatic rings. The van der Waals surface area contributed by atoms with Gasteiger partial charge in [-0.15, -0.1) is 0 Å². The van der Waals surface area contributed by atoms with Crippen LogP contribution in [0.25, 0.3) is 0 Å². The second kappa shape index (κ2) is 7.44. The summed E-state index contributed by atoms with van der Waals surface area (Å²) in [6.45, 7) is 15.0. The van der Waals surface area contributed by atoms with Gasteiger partial charge < -0.3 is 10.2 Å². The Balaban J connectivity index is 1.64. The third-order valence-corrected chi connectivity index (χ3v) is 13.0. The van der Waals surface area contributed by atoms with Gasteiger partial charge >= 0.3 is 11.9 Å². The van der Waals surface area contributed by atoms with Gasteiger partial charge in [0, 0.05) is 11.8 Å². The largest absolute Gasteiger partial charge is 0.481 e. The zero-order chi connectivity index (χ0) is 25.8. The first-order valence-electron chi connectivity index (χ1n) is 13.9. The van der Waals surface area contributed by atoms with E-state index in [0.717, 1.165) is 44.1 Å². The fourth-order valence-electron chi connectivity index (χ4n) is 11.4. The molecule has 2 N–H and O–H groups in total. The van der Waals surface area contributed by atoms with Crippen LogP contribution in [0.5, 0.6) is 0 Å². The molecular formula is C30H44O5. The summed E-state index contributed by atoms with van der Waals surface area (Å²) >= 11 is 0. The number of ketones is 1. The maximum atomic E-state index is 13.5. The number of aliphatic carboxylic acids is 2. The summed E-state index contributed by atoms with van der Waals surface area (Å²) in [5.41, 5.74) is -1.58. The van der Waals surface area contributed by atoms with Crippen molar-refractivity contribution >= 4 is 17.7 Å². The van der Waals surface area contributed by atoms with Crippen LogP contribution in [-0.4, -0.2) is 27.9 Å². The Morgan fingerprint density at radius 1 is 0.857 bits per heavy atom. The molecule has 0 saturated heterocycles. The van der Waals surface area contributed by atoms with Crippen LogP contribution in [0.1, 0.15) is 98.8 Å². The maximum absolute atomic E-state index is 13.5. The van der Waals surface area contributed by atoms with Gasteiger partial charge in [0.15, 0.2) is 0 Å². The smallest absolute Gasteiger partial charge is 0.310 e. The van der Waals surface area contributed by atoms with Crippen molar-refractivity contribution in [1.82, 2.24) is 0 Å². The molecule has 5 aliphatic carbocycles. The van der Waals surface area contributed by atoms with Crippen molar-refractivity contribution in [2.45, 2.75) is 98.8 Å². The minimum atomic E-state index is -0.919. The topological polar surface area (TPSA) is 91.7 Å². The number of hydrogen-bond acceptors (Lipinski definition) is 3. The molecule has 5 nitrogen and oxygen atoms in total. The molecule has 0 radical (unpaired) electrons. The fourth-order valence-corrected chi connectivity index (χ4v) is 11.4. The predicted octanol–water partition coefficient (Wildman–Crippen LogP) is 6.36. The number of carbonyl (C=O) groups excluding carboxylic acids is 1. The minimum absolute atomic E-state index is 0.0669. The molecule has 0 amide bonds. The zero-order valence-corrected chi connectivity index (χ0v) is 22.3. The number of fused-ring (bicyclic) bond motifs is 7. The molecule has 9 unspecified atom stereocenters. The second-order valence-corrected chi connectivity index (χ2v) is 14.2. The monoisotopic (exact) mass is 484 g/mol. The van der Waals surface area contributed by atoms with Gasteiger partial charge in [0.25, 0.3) is 0 Å². The molecule has 5 heteroatoms. The molecule has 0 heterocycles. The van der Waals surface area contributed by atoms with Crippen LogP contribution in [0.15, 0.2) is 12.2 Å². The molecule has 5 fully saturated rings. The zero-order valence-electron chi connectivity index (χ0n) is 22.3. The third-order valence-electron chi connectivity index (χ3n) is 13.0. The molecule has 0 aliphatic heterocycles. The molecule has 0 aromatic carbocycles. The lowest BCUT2D eigenvalue weighted by molar-refractivity contribution is -0.245. The van der Waals surface area contributed by atoms with Crippen molar-refractivity contribution < 1.29 is 24.6 Å². The van der Waals surface area contributed by atoms with Gasteiger partial charge in [-0.1, -0.05) is 39.8 Å². The second-order valence-electron chi connectivity index (χ2n) is 14.2. The van der Waals surface area contributed by atoms with Crippen LogP contribution in [0, 0.1) is 56.7 Å². The van der Waals surface area contributed by atoms with Gasteiger partial charge in [-0.2, -0.15) is 0 Å². The molecule has 194 valence electrons. The summed E-state index contributed by atoms with van der Waals surface area (Å²) in [5.74, 6) is -0.819. The van der Waals surface area contributed by atoms with Gasteiger partial charge in [-0.3, -0.25) is 14.4 Å². The van der Waals surface area contributed by atoms with Gasteiger partial charge in [0.2, 0.25) is 0 Å². The first-order valence-corrected chi connectivity index (χ1v) is 13.9. The fraction of sp³-hybridized carbons (Fsp3) is 0.833. The van der Waals surface area contributed by atoms with E-state index < -0.39 is 28.2 Å². The van der Waals surface area contributed by atoms with E-state index in [4.69, 9.17) is 0 Å².